The van der Waals surface area contributed by atoms with Gasteiger partial charge in [0.15, 0.2) is 6.10 Å². The van der Waals surface area contributed by atoms with Gasteiger partial charge in [0.1, 0.15) is 11.5 Å². The number of hydrogen-bond donors (Lipinski definition) is 1. The molecule has 0 spiro atoms. The predicted molar refractivity (Wildman–Crippen MR) is 103 cm³/mol. The van der Waals surface area contributed by atoms with Gasteiger partial charge >= 0.3 is 5.97 Å². The van der Waals surface area contributed by atoms with Crippen LogP contribution in [-0.2, 0) is 9.53 Å². The topological polar surface area (TPSA) is 73.9 Å². The molecule has 6 heteroatoms. The molecule has 0 aliphatic heterocycles. The number of benzene rings is 2. The second-order valence-electron chi connectivity index (χ2n) is 5.88. The van der Waals surface area contributed by atoms with Gasteiger partial charge in [0.05, 0.1) is 19.3 Å². The van der Waals surface area contributed by atoms with E-state index in [0.717, 1.165) is 0 Å². The first-order valence-electron chi connectivity index (χ1n) is 8.88. The molecule has 27 heavy (non-hydrogen) atoms. The van der Waals surface area contributed by atoms with Crippen molar-refractivity contribution in [2.45, 2.75) is 33.3 Å². The molecule has 0 saturated heterocycles. The Kier molecular flexibility index (Phi) is 7.23. The summed E-state index contributed by atoms with van der Waals surface area (Å²) in [6.07, 6.45) is -0.192. The number of amides is 1. The highest BCUT2D eigenvalue weighted by atomic mass is 16.5. The minimum atomic E-state index is -0.678. The molecule has 2 rings (SSSR count). The molecule has 1 N–H and O–H groups in total. The third kappa shape index (κ3) is 5.23. The van der Waals surface area contributed by atoms with E-state index in [1.165, 1.54) is 0 Å². The molecular weight excluding hydrogens is 346 g/mol. The van der Waals surface area contributed by atoms with Gasteiger partial charge in [-0.2, -0.15) is 0 Å². The Labute approximate surface area is 159 Å². The summed E-state index contributed by atoms with van der Waals surface area (Å²) < 4.78 is 16.0. The van der Waals surface area contributed by atoms with Crippen molar-refractivity contribution in [2.24, 2.45) is 0 Å². The van der Waals surface area contributed by atoms with Crippen LogP contribution in [-0.4, -0.2) is 31.7 Å². The number of rotatable bonds is 8. The number of nitrogens with one attached hydrogen (secondary N) is 1. The van der Waals surface area contributed by atoms with E-state index in [1.807, 2.05) is 6.92 Å². The molecule has 2 aromatic rings. The van der Waals surface area contributed by atoms with Crippen LogP contribution in [0.1, 0.15) is 36.2 Å². The number of esters is 1. The molecule has 1 amide bonds. The number of carbonyl (C=O) groups is 2. The summed E-state index contributed by atoms with van der Waals surface area (Å²) in [5.74, 6) is 0.504. The monoisotopic (exact) mass is 371 g/mol. The van der Waals surface area contributed by atoms with Crippen molar-refractivity contribution in [3.63, 3.8) is 0 Å². The van der Waals surface area contributed by atoms with Crippen molar-refractivity contribution in [3.05, 3.63) is 53.6 Å². The number of ether oxygens (including phenoxy) is 3. The van der Waals surface area contributed by atoms with E-state index in [9.17, 15) is 9.59 Å². The van der Waals surface area contributed by atoms with Gasteiger partial charge in [0.25, 0.3) is 5.91 Å². The Bertz CT molecular complexity index is 803. The molecule has 0 bridgehead atoms. The quantitative estimate of drug-likeness (QED) is 0.711. The lowest BCUT2D eigenvalue weighted by Crippen LogP contribution is -2.32. The molecule has 2 aromatic carbocycles. The van der Waals surface area contributed by atoms with Crippen LogP contribution in [0, 0.1) is 6.92 Å². The smallest absolute Gasteiger partial charge is 0.338 e. The van der Waals surface area contributed by atoms with Crippen molar-refractivity contribution in [3.8, 4) is 11.5 Å². The maximum absolute atomic E-state index is 12.7. The van der Waals surface area contributed by atoms with E-state index < -0.39 is 12.1 Å². The van der Waals surface area contributed by atoms with Crippen molar-refractivity contribution >= 4 is 17.6 Å². The predicted octanol–water partition coefficient (Wildman–Crippen LogP) is 3.98. The Morgan fingerprint density at radius 3 is 2.44 bits per heavy atom. The van der Waals surface area contributed by atoms with E-state index in [0.29, 0.717) is 41.3 Å². The van der Waals surface area contributed by atoms with Crippen LogP contribution in [0.15, 0.2) is 42.5 Å². The summed E-state index contributed by atoms with van der Waals surface area (Å²) in [6, 6.07) is 12.2. The number of carbonyl (C=O) groups excluding carboxylic acids is 2. The Hall–Kier alpha value is -3.02. The lowest BCUT2D eigenvalue weighted by Gasteiger charge is -2.19. The first kappa shape index (κ1) is 20.3. The van der Waals surface area contributed by atoms with Crippen LogP contribution in [0.4, 0.5) is 5.69 Å². The maximum atomic E-state index is 12.7. The third-order valence-corrected chi connectivity index (χ3v) is 4.07. The van der Waals surface area contributed by atoms with Gasteiger partial charge in [0.2, 0.25) is 0 Å². The SMILES string of the molecule is CCOC(=O)c1cccc(NC(=O)[C@H](CC)Oc2cccc(OC)c2)c1C. The minimum Gasteiger partial charge on any atom is -0.497 e. The summed E-state index contributed by atoms with van der Waals surface area (Å²) >= 11 is 0. The van der Waals surface area contributed by atoms with Crippen molar-refractivity contribution < 1.29 is 23.8 Å². The van der Waals surface area contributed by atoms with Crippen molar-refractivity contribution in [1.29, 1.82) is 0 Å². The molecule has 0 fully saturated rings. The fraction of sp³-hybridized carbons (Fsp3) is 0.333. The highest BCUT2D eigenvalue weighted by Crippen LogP contribution is 2.23. The molecule has 0 radical (unpaired) electrons. The van der Waals surface area contributed by atoms with Gasteiger partial charge in [-0.05, 0) is 50.1 Å². The average Bonchev–Trinajstić information content (AvgIpc) is 2.67. The largest absolute Gasteiger partial charge is 0.497 e. The molecule has 0 unspecified atom stereocenters. The molecule has 144 valence electrons. The molecule has 0 aliphatic carbocycles. The molecule has 0 aromatic heterocycles. The molecule has 0 saturated carbocycles. The van der Waals surface area contributed by atoms with E-state index >= 15 is 0 Å². The fourth-order valence-electron chi connectivity index (χ4n) is 2.58. The van der Waals surface area contributed by atoms with Crippen LogP contribution in [0.25, 0.3) is 0 Å². The lowest BCUT2D eigenvalue weighted by molar-refractivity contribution is -0.122. The molecule has 1 atom stereocenters. The summed E-state index contributed by atoms with van der Waals surface area (Å²) in [5, 5.41) is 2.84. The summed E-state index contributed by atoms with van der Waals surface area (Å²) in [7, 11) is 1.57. The molecule has 6 nitrogen and oxygen atoms in total. The van der Waals surface area contributed by atoms with Crippen LogP contribution in [0.5, 0.6) is 11.5 Å². The third-order valence-electron chi connectivity index (χ3n) is 4.07. The van der Waals surface area contributed by atoms with E-state index in [1.54, 1.807) is 63.4 Å². The Balaban J connectivity index is 2.14. The first-order valence-corrected chi connectivity index (χ1v) is 8.88. The van der Waals surface area contributed by atoms with Crippen LogP contribution in [0.2, 0.25) is 0 Å². The maximum Gasteiger partial charge on any atom is 0.338 e. The van der Waals surface area contributed by atoms with Gasteiger partial charge in [-0.25, -0.2) is 4.79 Å². The van der Waals surface area contributed by atoms with Crippen LogP contribution >= 0.6 is 0 Å². The standard InChI is InChI=1S/C21H25NO5/c1-5-19(27-16-10-7-9-15(13-16)25-4)20(23)22-18-12-8-11-17(14(18)3)21(24)26-6-2/h7-13,19H,5-6H2,1-4H3,(H,22,23)/t19-/m0/s1. The van der Waals surface area contributed by atoms with Gasteiger partial charge in [-0.3, -0.25) is 4.79 Å². The second-order valence-corrected chi connectivity index (χ2v) is 5.88. The summed E-state index contributed by atoms with van der Waals surface area (Å²) in [5.41, 5.74) is 1.63. The lowest BCUT2D eigenvalue weighted by atomic mass is 10.1. The van der Waals surface area contributed by atoms with Crippen LogP contribution in [0.3, 0.4) is 0 Å². The Morgan fingerprint density at radius 1 is 1.07 bits per heavy atom. The minimum absolute atomic E-state index is 0.288. The number of hydrogen-bond acceptors (Lipinski definition) is 5. The molecular formula is C21H25NO5. The summed E-state index contributed by atoms with van der Waals surface area (Å²) in [4.78, 5) is 24.7. The van der Waals surface area contributed by atoms with E-state index in [4.69, 9.17) is 14.2 Å². The van der Waals surface area contributed by atoms with Gasteiger partial charge in [0, 0.05) is 11.8 Å². The second kappa shape index (κ2) is 9.62. The van der Waals surface area contributed by atoms with Gasteiger partial charge in [-0.15, -0.1) is 0 Å². The van der Waals surface area contributed by atoms with E-state index in [-0.39, 0.29) is 5.91 Å². The van der Waals surface area contributed by atoms with Crippen molar-refractivity contribution in [2.75, 3.05) is 19.0 Å². The first-order chi connectivity index (χ1) is 13.0. The zero-order valence-electron chi connectivity index (χ0n) is 16.1. The Morgan fingerprint density at radius 2 is 1.78 bits per heavy atom. The fourth-order valence-corrected chi connectivity index (χ4v) is 2.58. The summed E-state index contributed by atoms with van der Waals surface area (Å²) in [6.45, 7) is 5.68. The van der Waals surface area contributed by atoms with Gasteiger partial charge < -0.3 is 19.5 Å². The molecule has 0 heterocycles. The average molecular weight is 371 g/mol. The highest BCUT2D eigenvalue weighted by molar-refractivity contribution is 5.98. The number of methoxy groups -OCH3 is 1. The van der Waals surface area contributed by atoms with Crippen LogP contribution < -0.4 is 14.8 Å². The zero-order valence-corrected chi connectivity index (χ0v) is 16.1. The zero-order chi connectivity index (χ0) is 19.8. The highest BCUT2D eigenvalue weighted by Gasteiger charge is 2.21. The number of anilines is 1. The normalized spacial score (nSPS) is 11.4. The van der Waals surface area contributed by atoms with Crippen molar-refractivity contribution in [1.82, 2.24) is 0 Å². The molecule has 0 aliphatic rings. The van der Waals surface area contributed by atoms with E-state index in [2.05, 4.69) is 5.32 Å². The van der Waals surface area contributed by atoms with Gasteiger partial charge in [-0.1, -0.05) is 19.1 Å².